The fraction of sp³-hybridized carbons (Fsp3) is 0.438. The molecule has 3 aromatic carbocycles. The highest BCUT2D eigenvalue weighted by Gasteiger charge is 2.32. The fourth-order valence-electron chi connectivity index (χ4n) is 4.80. The molecular weight excluding hydrogens is 462 g/mol. The summed E-state index contributed by atoms with van der Waals surface area (Å²) in [5, 5.41) is 19.7. The average Bonchev–Trinajstić information content (AvgIpc) is 2.93. The van der Waals surface area contributed by atoms with Crippen molar-refractivity contribution < 1.29 is 19.7 Å². The Bertz CT molecular complexity index is 1070. The second kappa shape index (κ2) is 14.5. The Morgan fingerprint density at radius 3 is 2.16 bits per heavy atom. The van der Waals surface area contributed by atoms with Crippen molar-refractivity contribution in [2.24, 2.45) is 0 Å². The predicted octanol–water partition coefficient (Wildman–Crippen LogP) is 7.47. The number of aromatic hydroxyl groups is 2. The van der Waals surface area contributed by atoms with Gasteiger partial charge in [-0.3, -0.25) is 4.90 Å². The van der Waals surface area contributed by atoms with E-state index in [1.54, 1.807) is 24.3 Å². The van der Waals surface area contributed by atoms with E-state index >= 15 is 0 Å². The first-order valence-electron chi connectivity index (χ1n) is 13.8. The number of phenolic OH excluding ortho intramolecular Hbond substituents is 2. The maximum Gasteiger partial charge on any atom is 0.131 e. The van der Waals surface area contributed by atoms with E-state index in [0.717, 1.165) is 60.7 Å². The molecule has 0 aromatic heterocycles. The maximum atomic E-state index is 9.97. The molecule has 4 rings (SSSR count). The number of phenols is 2. The topological polar surface area (TPSA) is 62.2 Å². The lowest BCUT2D eigenvalue weighted by molar-refractivity contribution is 0.151. The molecule has 37 heavy (non-hydrogen) atoms. The van der Waals surface area contributed by atoms with Gasteiger partial charge in [-0.05, 0) is 91.5 Å². The van der Waals surface area contributed by atoms with Crippen LogP contribution < -0.4 is 9.47 Å². The molecule has 0 radical (unpaired) electrons. The number of unbranched alkanes of at least 4 members (excludes halogenated alkanes) is 1. The number of nitrogens with zero attached hydrogens (tertiary/aromatic N) is 1. The van der Waals surface area contributed by atoms with Crippen molar-refractivity contribution in [3.05, 3.63) is 83.4 Å². The summed E-state index contributed by atoms with van der Waals surface area (Å²) in [5.41, 5.74) is 3.15. The number of benzene rings is 3. The van der Waals surface area contributed by atoms with Crippen LogP contribution in [0.2, 0.25) is 0 Å². The Morgan fingerprint density at radius 2 is 1.49 bits per heavy atom. The van der Waals surface area contributed by atoms with Gasteiger partial charge >= 0.3 is 0 Å². The first-order valence-corrected chi connectivity index (χ1v) is 13.8. The first kappa shape index (κ1) is 28.4. The second-order valence-electron chi connectivity index (χ2n) is 9.35. The SMILES string of the molecule is CC.CCCCN(CCC)CCOc1ccc([C@H]2Oc3ccc(O)cc3C[C@H]2c2ccc(O)cc2)cc1. The van der Waals surface area contributed by atoms with Crippen LogP contribution >= 0.6 is 0 Å². The van der Waals surface area contributed by atoms with E-state index in [4.69, 9.17) is 9.47 Å². The van der Waals surface area contributed by atoms with Crippen LogP contribution in [0.15, 0.2) is 66.7 Å². The summed E-state index contributed by atoms with van der Waals surface area (Å²) in [5.74, 6) is 2.20. The molecule has 0 fully saturated rings. The minimum absolute atomic E-state index is 0.0536. The molecule has 1 aliphatic rings. The van der Waals surface area contributed by atoms with Gasteiger partial charge in [-0.1, -0.05) is 58.4 Å². The van der Waals surface area contributed by atoms with Crippen LogP contribution in [0.3, 0.4) is 0 Å². The van der Waals surface area contributed by atoms with Crippen LogP contribution in [0.1, 0.15) is 75.7 Å². The van der Waals surface area contributed by atoms with Crippen LogP contribution in [0, 0.1) is 0 Å². The van der Waals surface area contributed by atoms with Gasteiger partial charge in [0, 0.05) is 12.5 Å². The van der Waals surface area contributed by atoms with E-state index in [-0.39, 0.29) is 23.5 Å². The number of hydrogen-bond donors (Lipinski definition) is 2. The number of fused-ring (bicyclic) bond motifs is 1. The number of ether oxygens (including phenoxy) is 2. The molecule has 0 saturated heterocycles. The zero-order valence-electron chi connectivity index (χ0n) is 22.8. The van der Waals surface area contributed by atoms with E-state index in [9.17, 15) is 10.2 Å². The largest absolute Gasteiger partial charge is 0.508 e. The third-order valence-electron chi connectivity index (χ3n) is 6.68. The normalized spacial score (nSPS) is 16.4. The lowest BCUT2D eigenvalue weighted by atomic mass is 9.82. The molecule has 1 aliphatic heterocycles. The minimum atomic E-state index is -0.181. The van der Waals surface area contributed by atoms with Gasteiger partial charge in [-0.15, -0.1) is 0 Å². The molecular formula is C32H43NO4. The van der Waals surface area contributed by atoms with Crippen LogP contribution in [-0.2, 0) is 6.42 Å². The van der Waals surface area contributed by atoms with Crippen molar-refractivity contribution in [2.75, 3.05) is 26.2 Å². The molecule has 2 atom stereocenters. The maximum absolute atomic E-state index is 9.97. The van der Waals surface area contributed by atoms with E-state index < -0.39 is 0 Å². The van der Waals surface area contributed by atoms with Crippen molar-refractivity contribution in [2.45, 2.75) is 65.4 Å². The zero-order valence-corrected chi connectivity index (χ0v) is 22.8. The standard InChI is InChI=1S/C30H37NO4.C2H6/c1-3-5-17-31(16-4-2)18-19-34-27-13-8-23(9-14-27)30-28(22-6-10-25(32)11-7-22)21-24-20-26(33)12-15-29(24)35-30;1-2/h6-15,20,28,30,32-33H,3-5,16-19,21H2,1-2H3;1-2H3/t28-,30+;/m0./s1. The smallest absolute Gasteiger partial charge is 0.131 e. The van der Waals surface area contributed by atoms with Crippen LogP contribution in [0.4, 0.5) is 0 Å². The van der Waals surface area contributed by atoms with Gasteiger partial charge < -0.3 is 19.7 Å². The Morgan fingerprint density at radius 1 is 0.811 bits per heavy atom. The van der Waals surface area contributed by atoms with Crippen LogP contribution in [0.25, 0.3) is 0 Å². The van der Waals surface area contributed by atoms with Gasteiger partial charge in [0.1, 0.15) is 35.7 Å². The molecule has 0 amide bonds. The van der Waals surface area contributed by atoms with Gasteiger partial charge in [0.05, 0.1) is 0 Å². The summed E-state index contributed by atoms with van der Waals surface area (Å²) < 4.78 is 12.5. The first-order chi connectivity index (χ1) is 18.1. The monoisotopic (exact) mass is 505 g/mol. The summed E-state index contributed by atoms with van der Waals surface area (Å²) in [7, 11) is 0. The third kappa shape index (κ3) is 7.90. The fourth-order valence-corrected chi connectivity index (χ4v) is 4.80. The summed E-state index contributed by atoms with van der Waals surface area (Å²) >= 11 is 0. The molecule has 0 unspecified atom stereocenters. The molecule has 3 aromatic rings. The van der Waals surface area contributed by atoms with Crippen molar-refractivity contribution in [1.82, 2.24) is 4.90 Å². The van der Waals surface area contributed by atoms with E-state index in [0.29, 0.717) is 6.61 Å². The summed E-state index contributed by atoms with van der Waals surface area (Å²) in [4.78, 5) is 2.48. The molecule has 5 heteroatoms. The summed E-state index contributed by atoms with van der Waals surface area (Å²) in [6.45, 7) is 12.3. The van der Waals surface area contributed by atoms with Crippen molar-refractivity contribution in [3.63, 3.8) is 0 Å². The van der Waals surface area contributed by atoms with Gasteiger partial charge in [0.2, 0.25) is 0 Å². The third-order valence-corrected chi connectivity index (χ3v) is 6.68. The van der Waals surface area contributed by atoms with Crippen LogP contribution in [0.5, 0.6) is 23.0 Å². The van der Waals surface area contributed by atoms with Crippen LogP contribution in [-0.4, -0.2) is 41.4 Å². The molecule has 1 heterocycles. The van der Waals surface area contributed by atoms with Gasteiger partial charge in [0.15, 0.2) is 0 Å². The zero-order chi connectivity index (χ0) is 26.6. The van der Waals surface area contributed by atoms with Crippen molar-refractivity contribution >= 4 is 0 Å². The lowest BCUT2D eigenvalue weighted by Gasteiger charge is -2.34. The predicted molar refractivity (Wildman–Crippen MR) is 151 cm³/mol. The van der Waals surface area contributed by atoms with E-state index in [2.05, 4.69) is 30.9 Å². The number of rotatable bonds is 11. The molecule has 0 bridgehead atoms. The second-order valence-corrected chi connectivity index (χ2v) is 9.35. The molecule has 0 saturated carbocycles. The molecule has 200 valence electrons. The van der Waals surface area contributed by atoms with Gasteiger partial charge in [-0.25, -0.2) is 0 Å². The number of hydrogen-bond acceptors (Lipinski definition) is 5. The highest BCUT2D eigenvalue weighted by molar-refractivity contribution is 5.45. The Kier molecular flexibility index (Phi) is 11.2. The Hall–Kier alpha value is -3.18. The Balaban J connectivity index is 0.00000186. The van der Waals surface area contributed by atoms with E-state index in [1.807, 2.05) is 44.2 Å². The molecule has 5 nitrogen and oxygen atoms in total. The molecule has 0 aliphatic carbocycles. The lowest BCUT2D eigenvalue weighted by Crippen LogP contribution is -2.30. The minimum Gasteiger partial charge on any atom is -0.508 e. The van der Waals surface area contributed by atoms with Gasteiger partial charge in [-0.2, -0.15) is 0 Å². The quantitative estimate of drug-likeness (QED) is 0.283. The van der Waals surface area contributed by atoms with E-state index in [1.165, 1.54) is 12.8 Å². The summed E-state index contributed by atoms with van der Waals surface area (Å²) in [6, 6.07) is 20.8. The van der Waals surface area contributed by atoms with Crippen molar-refractivity contribution in [1.29, 1.82) is 0 Å². The average molecular weight is 506 g/mol. The van der Waals surface area contributed by atoms with Gasteiger partial charge in [0.25, 0.3) is 0 Å². The molecule has 0 spiro atoms. The Labute approximate surface area is 222 Å². The molecule has 2 N–H and O–H groups in total. The highest BCUT2D eigenvalue weighted by atomic mass is 16.5. The van der Waals surface area contributed by atoms with Crippen molar-refractivity contribution in [3.8, 4) is 23.0 Å². The summed E-state index contributed by atoms with van der Waals surface area (Å²) in [6.07, 6.45) is 4.15. The highest BCUT2D eigenvalue weighted by Crippen LogP contribution is 2.45.